The van der Waals surface area contributed by atoms with Gasteiger partial charge in [0.25, 0.3) is 0 Å². The van der Waals surface area contributed by atoms with Crippen molar-refractivity contribution in [3.8, 4) is 11.5 Å². The Morgan fingerprint density at radius 1 is 1.18 bits per heavy atom. The van der Waals surface area contributed by atoms with Crippen molar-refractivity contribution in [3.63, 3.8) is 0 Å². The highest BCUT2D eigenvalue weighted by atomic mass is 16.5. The second-order valence-corrected chi connectivity index (χ2v) is 6.12. The van der Waals surface area contributed by atoms with E-state index in [9.17, 15) is 5.11 Å². The van der Waals surface area contributed by atoms with Gasteiger partial charge >= 0.3 is 0 Å². The highest BCUT2D eigenvalue weighted by molar-refractivity contribution is 5.43. The fraction of sp³-hybridized carbons (Fsp3) is 0.667. The Hall–Kier alpha value is -1.26. The molecule has 3 atom stereocenters. The van der Waals surface area contributed by atoms with Gasteiger partial charge in [-0.1, -0.05) is 25.8 Å². The molecule has 0 heterocycles. The van der Waals surface area contributed by atoms with Gasteiger partial charge in [-0.15, -0.1) is 0 Å². The zero-order valence-corrected chi connectivity index (χ0v) is 14.0. The van der Waals surface area contributed by atoms with E-state index in [1.807, 2.05) is 12.1 Å². The zero-order chi connectivity index (χ0) is 15.9. The Balaban J connectivity index is 2.00. The van der Waals surface area contributed by atoms with Crippen molar-refractivity contribution in [2.45, 2.75) is 63.6 Å². The Morgan fingerprint density at radius 3 is 2.55 bits per heavy atom. The van der Waals surface area contributed by atoms with Crippen LogP contribution in [0.3, 0.4) is 0 Å². The summed E-state index contributed by atoms with van der Waals surface area (Å²) >= 11 is 0. The smallest absolute Gasteiger partial charge is 0.160 e. The molecule has 0 amide bonds. The average Bonchev–Trinajstić information content (AvgIpc) is 2.56. The fourth-order valence-electron chi connectivity index (χ4n) is 3.22. The topological polar surface area (TPSA) is 50.7 Å². The first kappa shape index (κ1) is 17.1. The minimum Gasteiger partial charge on any atom is -0.493 e. The summed E-state index contributed by atoms with van der Waals surface area (Å²) < 4.78 is 10.7. The van der Waals surface area contributed by atoms with E-state index in [0.29, 0.717) is 6.04 Å². The monoisotopic (exact) mass is 307 g/mol. The van der Waals surface area contributed by atoms with Crippen LogP contribution in [0.25, 0.3) is 0 Å². The first-order valence-electron chi connectivity index (χ1n) is 8.33. The minimum atomic E-state index is -0.201. The third kappa shape index (κ3) is 4.37. The molecule has 0 bridgehead atoms. The van der Waals surface area contributed by atoms with Crippen LogP contribution in [-0.4, -0.2) is 37.5 Å². The van der Waals surface area contributed by atoms with Gasteiger partial charge in [0, 0.05) is 12.1 Å². The first-order valence-corrected chi connectivity index (χ1v) is 8.33. The second kappa shape index (κ2) is 8.39. The average molecular weight is 307 g/mol. The quantitative estimate of drug-likeness (QED) is 0.813. The summed E-state index contributed by atoms with van der Waals surface area (Å²) in [6.45, 7) is 2.19. The van der Waals surface area contributed by atoms with Crippen LogP contribution in [0.4, 0.5) is 0 Å². The molecule has 3 unspecified atom stereocenters. The van der Waals surface area contributed by atoms with Gasteiger partial charge in [-0.05, 0) is 43.4 Å². The number of methoxy groups -OCH3 is 2. The zero-order valence-electron chi connectivity index (χ0n) is 14.0. The van der Waals surface area contributed by atoms with Crippen LogP contribution in [0.2, 0.25) is 0 Å². The highest BCUT2D eigenvalue weighted by Gasteiger charge is 2.24. The molecule has 1 aliphatic carbocycles. The Morgan fingerprint density at radius 2 is 1.91 bits per heavy atom. The van der Waals surface area contributed by atoms with Crippen molar-refractivity contribution in [1.82, 2.24) is 5.32 Å². The van der Waals surface area contributed by atoms with Gasteiger partial charge in [0.1, 0.15) is 0 Å². The molecular weight excluding hydrogens is 278 g/mol. The summed E-state index contributed by atoms with van der Waals surface area (Å²) in [6, 6.07) is 6.69. The molecule has 124 valence electrons. The highest BCUT2D eigenvalue weighted by Crippen LogP contribution is 2.28. The van der Waals surface area contributed by atoms with Crippen LogP contribution < -0.4 is 14.8 Å². The molecule has 1 saturated carbocycles. The third-order valence-corrected chi connectivity index (χ3v) is 4.60. The number of aliphatic hydroxyl groups excluding tert-OH is 1. The molecule has 1 aromatic rings. The van der Waals surface area contributed by atoms with Crippen molar-refractivity contribution < 1.29 is 14.6 Å². The van der Waals surface area contributed by atoms with Gasteiger partial charge in [-0.2, -0.15) is 0 Å². The van der Waals surface area contributed by atoms with Gasteiger partial charge in [0.05, 0.1) is 20.3 Å². The van der Waals surface area contributed by atoms with E-state index in [1.54, 1.807) is 14.2 Å². The van der Waals surface area contributed by atoms with Gasteiger partial charge < -0.3 is 19.9 Å². The molecule has 22 heavy (non-hydrogen) atoms. The van der Waals surface area contributed by atoms with Gasteiger partial charge in [0.15, 0.2) is 11.5 Å². The molecule has 0 aromatic heterocycles. The summed E-state index contributed by atoms with van der Waals surface area (Å²) in [5, 5.41) is 13.8. The SMILES string of the molecule is CCC(Cc1ccc(OC)c(OC)c1)NC1CCCCC1O. The maximum atomic E-state index is 10.1. The fourth-order valence-corrected chi connectivity index (χ4v) is 3.22. The number of benzene rings is 1. The predicted molar refractivity (Wildman–Crippen MR) is 88.7 cm³/mol. The van der Waals surface area contributed by atoms with Gasteiger partial charge in [-0.25, -0.2) is 0 Å². The van der Waals surface area contributed by atoms with Crippen LogP contribution in [0, 0.1) is 0 Å². The first-order chi connectivity index (χ1) is 10.7. The van der Waals surface area contributed by atoms with Crippen molar-refractivity contribution >= 4 is 0 Å². The lowest BCUT2D eigenvalue weighted by Crippen LogP contribution is -2.47. The normalized spacial score (nSPS) is 23.1. The van der Waals surface area contributed by atoms with Crippen molar-refractivity contribution in [3.05, 3.63) is 23.8 Å². The van der Waals surface area contributed by atoms with E-state index in [-0.39, 0.29) is 12.1 Å². The van der Waals surface area contributed by atoms with Crippen LogP contribution in [0.5, 0.6) is 11.5 Å². The molecule has 4 nitrogen and oxygen atoms in total. The number of hydrogen-bond acceptors (Lipinski definition) is 4. The lowest BCUT2D eigenvalue weighted by atomic mass is 9.91. The van der Waals surface area contributed by atoms with Crippen LogP contribution in [-0.2, 0) is 6.42 Å². The summed E-state index contributed by atoms with van der Waals surface area (Å²) in [6.07, 6.45) is 6.12. The number of nitrogens with one attached hydrogen (secondary N) is 1. The predicted octanol–water partition coefficient (Wildman–Crippen LogP) is 2.92. The van der Waals surface area contributed by atoms with Crippen molar-refractivity contribution in [2.75, 3.05) is 14.2 Å². The third-order valence-electron chi connectivity index (χ3n) is 4.60. The van der Waals surface area contributed by atoms with Gasteiger partial charge in [-0.3, -0.25) is 0 Å². The molecule has 0 aliphatic heterocycles. The molecule has 1 aromatic carbocycles. The van der Waals surface area contributed by atoms with E-state index in [4.69, 9.17) is 9.47 Å². The standard InChI is InChI=1S/C18H29NO3/c1-4-14(19-15-7-5-6-8-16(15)20)11-13-9-10-17(21-2)18(12-13)22-3/h9-10,12,14-16,19-20H,4-8,11H2,1-3H3. The Labute approximate surface area is 133 Å². The maximum Gasteiger partial charge on any atom is 0.160 e. The lowest BCUT2D eigenvalue weighted by Gasteiger charge is -2.32. The molecule has 0 spiro atoms. The number of hydrogen-bond donors (Lipinski definition) is 2. The molecule has 0 radical (unpaired) electrons. The van der Waals surface area contributed by atoms with E-state index in [2.05, 4.69) is 18.3 Å². The molecule has 1 fully saturated rings. The summed E-state index contributed by atoms with van der Waals surface area (Å²) in [7, 11) is 3.31. The number of aliphatic hydroxyl groups is 1. The van der Waals surface area contributed by atoms with E-state index in [0.717, 1.165) is 43.6 Å². The molecule has 0 saturated heterocycles. The Bertz CT molecular complexity index is 464. The van der Waals surface area contributed by atoms with Crippen LogP contribution >= 0.6 is 0 Å². The van der Waals surface area contributed by atoms with E-state index < -0.39 is 0 Å². The van der Waals surface area contributed by atoms with Crippen molar-refractivity contribution in [2.24, 2.45) is 0 Å². The lowest BCUT2D eigenvalue weighted by molar-refractivity contribution is 0.0844. The van der Waals surface area contributed by atoms with Crippen molar-refractivity contribution in [1.29, 1.82) is 0 Å². The largest absolute Gasteiger partial charge is 0.493 e. The molecule has 2 N–H and O–H groups in total. The van der Waals surface area contributed by atoms with E-state index >= 15 is 0 Å². The number of ether oxygens (including phenoxy) is 2. The second-order valence-electron chi connectivity index (χ2n) is 6.12. The van der Waals surface area contributed by atoms with E-state index in [1.165, 1.54) is 12.0 Å². The molecule has 4 heteroatoms. The summed E-state index contributed by atoms with van der Waals surface area (Å²) in [5.74, 6) is 1.53. The summed E-state index contributed by atoms with van der Waals surface area (Å²) in [5.41, 5.74) is 1.22. The Kier molecular flexibility index (Phi) is 6.52. The molecule has 2 rings (SSSR count). The van der Waals surface area contributed by atoms with Crippen LogP contribution in [0.1, 0.15) is 44.6 Å². The summed E-state index contributed by atoms with van der Waals surface area (Å²) in [4.78, 5) is 0. The van der Waals surface area contributed by atoms with Crippen LogP contribution in [0.15, 0.2) is 18.2 Å². The van der Waals surface area contributed by atoms with Gasteiger partial charge in [0.2, 0.25) is 0 Å². The molecular formula is C18H29NO3. The maximum absolute atomic E-state index is 10.1. The number of rotatable bonds is 7. The minimum absolute atomic E-state index is 0.201. The molecule has 1 aliphatic rings.